The SMILES string of the molecule is Cc1c(F)cc(C(=O)N2CCN(S(=O)(=O)c3cccc(Br)c3)CC2)cc1[N+](=O)[O-]. The van der Waals surface area contributed by atoms with Gasteiger partial charge in [-0.15, -0.1) is 0 Å². The Morgan fingerprint density at radius 3 is 2.41 bits per heavy atom. The quantitative estimate of drug-likeness (QED) is 0.489. The predicted molar refractivity (Wildman–Crippen MR) is 107 cm³/mol. The molecule has 0 aliphatic carbocycles. The molecule has 0 bridgehead atoms. The van der Waals surface area contributed by atoms with Crippen LogP contribution in [0.3, 0.4) is 0 Å². The van der Waals surface area contributed by atoms with Gasteiger partial charge >= 0.3 is 0 Å². The van der Waals surface area contributed by atoms with Crippen LogP contribution in [0.15, 0.2) is 45.8 Å². The third-order valence-corrected chi connectivity index (χ3v) is 7.11. The number of halogens is 2. The van der Waals surface area contributed by atoms with Crippen molar-refractivity contribution in [3.05, 3.63) is 67.9 Å². The molecule has 1 fully saturated rings. The number of carbonyl (C=O) groups excluding carboxylic acids is 1. The minimum absolute atomic E-state index is 0.0665. The van der Waals surface area contributed by atoms with Gasteiger partial charge in [-0.05, 0) is 31.2 Å². The average Bonchev–Trinajstić information content (AvgIpc) is 2.69. The highest BCUT2D eigenvalue weighted by molar-refractivity contribution is 9.10. The minimum Gasteiger partial charge on any atom is -0.336 e. The van der Waals surface area contributed by atoms with Gasteiger partial charge in [0.1, 0.15) is 5.82 Å². The third-order valence-electron chi connectivity index (χ3n) is 4.72. The maximum absolute atomic E-state index is 14.0. The summed E-state index contributed by atoms with van der Waals surface area (Å²) in [5, 5.41) is 11.1. The number of hydrogen-bond acceptors (Lipinski definition) is 5. The van der Waals surface area contributed by atoms with E-state index >= 15 is 0 Å². The van der Waals surface area contributed by atoms with Crippen LogP contribution in [0.4, 0.5) is 10.1 Å². The number of nitro groups is 1. The number of rotatable bonds is 4. The molecule has 1 heterocycles. The van der Waals surface area contributed by atoms with Gasteiger partial charge in [0.2, 0.25) is 10.0 Å². The number of sulfonamides is 1. The molecule has 0 unspecified atom stereocenters. The highest BCUT2D eigenvalue weighted by Crippen LogP contribution is 2.25. The summed E-state index contributed by atoms with van der Waals surface area (Å²) in [5.74, 6) is -1.41. The Morgan fingerprint density at radius 1 is 1.17 bits per heavy atom. The second-order valence-electron chi connectivity index (χ2n) is 6.51. The van der Waals surface area contributed by atoms with Crippen LogP contribution in [0, 0.1) is 22.9 Å². The van der Waals surface area contributed by atoms with E-state index in [4.69, 9.17) is 0 Å². The molecule has 29 heavy (non-hydrogen) atoms. The summed E-state index contributed by atoms with van der Waals surface area (Å²) in [7, 11) is -3.71. The van der Waals surface area contributed by atoms with Crippen LogP contribution in [-0.2, 0) is 10.0 Å². The van der Waals surface area contributed by atoms with Gasteiger partial charge in [-0.3, -0.25) is 14.9 Å². The first-order valence-corrected chi connectivity index (χ1v) is 10.8. The Labute approximate surface area is 175 Å². The van der Waals surface area contributed by atoms with Crippen LogP contribution in [0.2, 0.25) is 0 Å². The summed E-state index contributed by atoms with van der Waals surface area (Å²) in [6.45, 7) is 1.59. The van der Waals surface area contributed by atoms with Crippen molar-refractivity contribution < 1.29 is 22.5 Å². The molecule has 0 atom stereocenters. The number of benzene rings is 2. The van der Waals surface area contributed by atoms with Gasteiger partial charge in [0, 0.05) is 42.3 Å². The molecule has 1 aliphatic rings. The molecule has 2 aromatic rings. The van der Waals surface area contributed by atoms with E-state index in [1.807, 2.05) is 0 Å². The monoisotopic (exact) mass is 485 g/mol. The molecule has 1 amide bonds. The Bertz CT molecular complexity index is 1080. The number of nitro benzene ring substituents is 1. The van der Waals surface area contributed by atoms with Crippen molar-refractivity contribution in [3.63, 3.8) is 0 Å². The lowest BCUT2D eigenvalue weighted by Crippen LogP contribution is -2.50. The van der Waals surface area contributed by atoms with Crippen LogP contribution < -0.4 is 0 Å². The highest BCUT2D eigenvalue weighted by atomic mass is 79.9. The molecule has 0 saturated carbocycles. The average molecular weight is 486 g/mol. The van der Waals surface area contributed by atoms with Gasteiger partial charge in [-0.25, -0.2) is 12.8 Å². The summed E-state index contributed by atoms with van der Waals surface area (Å²) in [4.78, 5) is 24.5. The van der Waals surface area contributed by atoms with E-state index in [2.05, 4.69) is 15.9 Å². The fourth-order valence-corrected chi connectivity index (χ4v) is 5.09. The van der Waals surface area contributed by atoms with Gasteiger partial charge in [0.05, 0.1) is 15.4 Å². The molecule has 11 heteroatoms. The molecule has 154 valence electrons. The normalized spacial score (nSPS) is 15.3. The summed E-state index contributed by atoms with van der Waals surface area (Å²) in [6, 6.07) is 8.35. The van der Waals surface area contributed by atoms with E-state index in [1.54, 1.807) is 12.1 Å². The molecule has 0 radical (unpaired) electrons. The van der Waals surface area contributed by atoms with Gasteiger partial charge in [-0.2, -0.15) is 4.31 Å². The van der Waals surface area contributed by atoms with E-state index < -0.39 is 32.4 Å². The van der Waals surface area contributed by atoms with Gasteiger partial charge < -0.3 is 4.90 Å². The number of nitrogens with zero attached hydrogens (tertiary/aromatic N) is 3. The highest BCUT2D eigenvalue weighted by Gasteiger charge is 2.31. The van der Waals surface area contributed by atoms with Crippen LogP contribution in [0.25, 0.3) is 0 Å². The second kappa shape index (κ2) is 8.17. The summed E-state index contributed by atoms with van der Waals surface area (Å²) in [5.41, 5.74) is -0.746. The van der Waals surface area contributed by atoms with Crippen LogP contribution in [0.1, 0.15) is 15.9 Å². The zero-order valence-corrected chi connectivity index (χ0v) is 17.7. The fourth-order valence-electron chi connectivity index (χ4n) is 3.07. The zero-order valence-electron chi connectivity index (χ0n) is 15.3. The molecule has 0 N–H and O–H groups in total. The van der Waals surface area contributed by atoms with Crippen molar-refractivity contribution in [2.45, 2.75) is 11.8 Å². The van der Waals surface area contributed by atoms with E-state index in [-0.39, 0.29) is 42.2 Å². The number of amides is 1. The number of carbonyl (C=O) groups is 1. The molecule has 3 rings (SSSR count). The molecule has 0 aromatic heterocycles. The fraction of sp³-hybridized carbons (Fsp3) is 0.278. The molecule has 1 saturated heterocycles. The molecule has 8 nitrogen and oxygen atoms in total. The van der Waals surface area contributed by atoms with Gasteiger partial charge in [0.25, 0.3) is 11.6 Å². The number of piperazine rings is 1. The Hall–Kier alpha value is -2.37. The largest absolute Gasteiger partial charge is 0.336 e. The van der Waals surface area contributed by atoms with Crippen LogP contribution in [0.5, 0.6) is 0 Å². The van der Waals surface area contributed by atoms with E-state index in [1.165, 1.54) is 28.3 Å². The van der Waals surface area contributed by atoms with Crippen molar-refractivity contribution in [1.29, 1.82) is 0 Å². The summed E-state index contributed by atoms with van der Waals surface area (Å²) in [6.07, 6.45) is 0. The summed E-state index contributed by atoms with van der Waals surface area (Å²) >= 11 is 3.25. The lowest BCUT2D eigenvalue weighted by molar-refractivity contribution is -0.385. The van der Waals surface area contributed by atoms with Crippen LogP contribution >= 0.6 is 15.9 Å². The Morgan fingerprint density at radius 2 is 1.83 bits per heavy atom. The van der Waals surface area contributed by atoms with Crippen molar-refractivity contribution in [1.82, 2.24) is 9.21 Å². The predicted octanol–water partition coefficient (Wildman–Crippen LogP) is 2.95. The van der Waals surface area contributed by atoms with Crippen molar-refractivity contribution >= 4 is 37.5 Å². The lowest BCUT2D eigenvalue weighted by atomic mass is 10.1. The molecular formula is C18H17BrFN3O5S. The Balaban J connectivity index is 1.76. The first kappa shape index (κ1) is 21.3. The van der Waals surface area contributed by atoms with Gasteiger partial charge in [-0.1, -0.05) is 22.0 Å². The molecular weight excluding hydrogens is 469 g/mol. The van der Waals surface area contributed by atoms with E-state index in [0.717, 1.165) is 12.1 Å². The molecule has 1 aliphatic heterocycles. The third kappa shape index (κ3) is 4.31. The molecule has 0 spiro atoms. The smallest absolute Gasteiger partial charge is 0.276 e. The maximum Gasteiger partial charge on any atom is 0.276 e. The number of hydrogen-bond donors (Lipinski definition) is 0. The van der Waals surface area contributed by atoms with Gasteiger partial charge in [0.15, 0.2) is 0 Å². The van der Waals surface area contributed by atoms with Crippen molar-refractivity contribution in [3.8, 4) is 0 Å². The molecule has 2 aromatic carbocycles. The second-order valence-corrected chi connectivity index (χ2v) is 9.37. The van der Waals surface area contributed by atoms with Crippen LogP contribution in [-0.4, -0.2) is 54.6 Å². The zero-order chi connectivity index (χ0) is 21.3. The van der Waals surface area contributed by atoms with E-state index in [0.29, 0.717) is 4.47 Å². The first-order chi connectivity index (χ1) is 13.6. The van der Waals surface area contributed by atoms with Crippen molar-refractivity contribution in [2.75, 3.05) is 26.2 Å². The van der Waals surface area contributed by atoms with Crippen molar-refractivity contribution in [2.24, 2.45) is 0 Å². The minimum atomic E-state index is -3.71. The first-order valence-electron chi connectivity index (χ1n) is 8.61. The lowest BCUT2D eigenvalue weighted by Gasteiger charge is -2.34. The Kier molecular flexibility index (Phi) is 6.01. The maximum atomic E-state index is 14.0. The summed E-state index contributed by atoms with van der Waals surface area (Å²) < 4.78 is 41.4. The van der Waals surface area contributed by atoms with E-state index in [9.17, 15) is 27.7 Å². The standard InChI is InChI=1S/C18H17BrFN3O5S/c1-12-16(20)9-13(10-17(12)23(25)26)18(24)21-5-7-22(8-6-21)29(27,28)15-4-2-3-14(19)11-15/h2-4,9-11H,5-8H2,1H3. The topological polar surface area (TPSA) is 101 Å².